The predicted octanol–water partition coefficient (Wildman–Crippen LogP) is 2.88. The summed E-state index contributed by atoms with van der Waals surface area (Å²) in [5.41, 5.74) is 0.252. The monoisotopic (exact) mass is 241 g/mol. The first-order valence-electron chi connectivity index (χ1n) is 5.88. The van der Waals surface area contributed by atoms with Crippen LogP contribution in [0.5, 0.6) is 0 Å². The molecule has 0 fully saturated rings. The quantitative estimate of drug-likeness (QED) is 0.830. The van der Waals surface area contributed by atoms with E-state index in [2.05, 4.69) is 31.1 Å². The molecule has 3 nitrogen and oxygen atoms in total. The molecule has 1 aromatic rings. The van der Waals surface area contributed by atoms with Gasteiger partial charge in [-0.25, -0.2) is 4.98 Å². The second-order valence-corrected chi connectivity index (χ2v) is 5.72. The Balaban J connectivity index is 2.54. The Kier molecular flexibility index (Phi) is 4.74. The van der Waals surface area contributed by atoms with Gasteiger partial charge >= 0.3 is 0 Å². The first-order valence-corrected chi connectivity index (χ1v) is 6.69. The maximum Gasteiger partial charge on any atom is 0.185 e. The highest BCUT2D eigenvalue weighted by atomic mass is 32.1. The Morgan fingerprint density at radius 3 is 2.44 bits per heavy atom. The van der Waals surface area contributed by atoms with E-state index in [0.29, 0.717) is 0 Å². The number of nitrogens with zero attached hydrogens (tertiary/aromatic N) is 2. The van der Waals surface area contributed by atoms with Crippen LogP contribution < -0.4 is 10.2 Å². The van der Waals surface area contributed by atoms with Gasteiger partial charge in [0, 0.05) is 37.3 Å². The molecule has 1 N–H and O–H groups in total. The lowest BCUT2D eigenvalue weighted by Gasteiger charge is -2.28. The van der Waals surface area contributed by atoms with E-state index < -0.39 is 0 Å². The van der Waals surface area contributed by atoms with Gasteiger partial charge in [-0.1, -0.05) is 13.8 Å². The molecule has 92 valence electrons. The summed E-state index contributed by atoms with van der Waals surface area (Å²) in [4.78, 5) is 7.72. The van der Waals surface area contributed by atoms with Crippen molar-refractivity contribution in [1.29, 1.82) is 0 Å². The van der Waals surface area contributed by atoms with Crippen molar-refractivity contribution in [3.05, 3.63) is 11.1 Å². The lowest BCUT2D eigenvalue weighted by Crippen LogP contribution is -2.40. The van der Waals surface area contributed by atoms with E-state index in [9.17, 15) is 0 Å². The molecule has 0 atom stereocenters. The maximum absolute atomic E-state index is 4.37. The van der Waals surface area contributed by atoms with Crippen LogP contribution in [0.25, 0.3) is 0 Å². The van der Waals surface area contributed by atoms with E-state index >= 15 is 0 Å². The molecule has 0 unspecified atom stereocenters. The summed E-state index contributed by atoms with van der Waals surface area (Å²) in [7, 11) is 4.05. The zero-order chi connectivity index (χ0) is 12.2. The summed E-state index contributed by atoms with van der Waals surface area (Å²) in [6, 6.07) is 0. The van der Waals surface area contributed by atoms with Crippen molar-refractivity contribution in [1.82, 2.24) is 10.3 Å². The summed E-state index contributed by atoms with van der Waals surface area (Å²) in [6.45, 7) is 7.66. The Labute approximate surface area is 103 Å². The molecule has 4 heteroatoms. The van der Waals surface area contributed by atoms with E-state index in [0.717, 1.165) is 24.5 Å². The van der Waals surface area contributed by atoms with Crippen molar-refractivity contribution in [3.8, 4) is 0 Å². The zero-order valence-corrected chi connectivity index (χ0v) is 11.8. The van der Waals surface area contributed by atoms with Crippen LogP contribution in [-0.4, -0.2) is 24.6 Å². The molecule has 0 amide bonds. The van der Waals surface area contributed by atoms with Gasteiger partial charge in [-0.2, -0.15) is 0 Å². The van der Waals surface area contributed by atoms with Crippen molar-refractivity contribution < 1.29 is 0 Å². The zero-order valence-electron chi connectivity index (χ0n) is 11.0. The fraction of sp³-hybridized carbons (Fsp3) is 0.750. The second-order valence-electron chi connectivity index (χ2n) is 4.62. The molecule has 1 heterocycles. The van der Waals surface area contributed by atoms with Gasteiger partial charge in [-0.05, 0) is 19.8 Å². The minimum Gasteiger partial charge on any atom is -0.354 e. The topological polar surface area (TPSA) is 28.2 Å². The predicted molar refractivity (Wildman–Crippen MR) is 72.3 cm³/mol. The van der Waals surface area contributed by atoms with Gasteiger partial charge in [0.05, 0.1) is 0 Å². The number of aromatic nitrogens is 1. The summed E-state index contributed by atoms with van der Waals surface area (Å²) >= 11 is 1.75. The number of nitrogens with one attached hydrogen (secondary N) is 1. The standard InChI is InChI=1S/C12H23N3S/c1-6-12(3,7-2)14-9-10-8-13-11(16-10)15(4)5/h8,14H,6-7,9H2,1-5H3. The van der Waals surface area contributed by atoms with Crippen LogP contribution in [0.1, 0.15) is 38.5 Å². The number of anilines is 1. The first kappa shape index (κ1) is 13.5. The molecule has 0 aliphatic rings. The van der Waals surface area contributed by atoms with Crippen molar-refractivity contribution in [2.45, 2.75) is 45.7 Å². The highest BCUT2D eigenvalue weighted by molar-refractivity contribution is 7.15. The minimum absolute atomic E-state index is 0.252. The van der Waals surface area contributed by atoms with Crippen molar-refractivity contribution in [2.24, 2.45) is 0 Å². The number of hydrogen-bond donors (Lipinski definition) is 1. The summed E-state index contributed by atoms with van der Waals surface area (Å²) in [5.74, 6) is 0. The first-order chi connectivity index (χ1) is 7.50. The molecule has 1 rings (SSSR count). The molecule has 0 radical (unpaired) electrons. The van der Waals surface area contributed by atoms with E-state index in [1.54, 1.807) is 11.3 Å². The maximum atomic E-state index is 4.37. The molecule has 1 aromatic heterocycles. The fourth-order valence-electron chi connectivity index (χ4n) is 1.39. The highest BCUT2D eigenvalue weighted by Crippen LogP contribution is 2.22. The van der Waals surface area contributed by atoms with E-state index in [1.165, 1.54) is 4.88 Å². The molecule has 0 aliphatic heterocycles. The summed E-state index contributed by atoms with van der Waals surface area (Å²) in [5, 5.41) is 4.69. The van der Waals surface area contributed by atoms with Gasteiger partial charge in [0.25, 0.3) is 0 Å². The van der Waals surface area contributed by atoms with Crippen LogP contribution in [-0.2, 0) is 6.54 Å². The molecular weight excluding hydrogens is 218 g/mol. The molecule has 0 aromatic carbocycles. The Morgan fingerprint density at radius 2 is 2.00 bits per heavy atom. The lowest BCUT2D eigenvalue weighted by atomic mass is 9.96. The molecule has 16 heavy (non-hydrogen) atoms. The molecule has 0 saturated carbocycles. The van der Waals surface area contributed by atoms with E-state index in [-0.39, 0.29) is 5.54 Å². The molecule has 0 aliphatic carbocycles. The Morgan fingerprint density at radius 1 is 1.38 bits per heavy atom. The van der Waals surface area contributed by atoms with Crippen LogP contribution in [0.3, 0.4) is 0 Å². The molecular formula is C12H23N3S. The third-order valence-corrected chi connectivity index (χ3v) is 4.34. The van der Waals surface area contributed by atoms with Crippen LogP contribution in [0.2, 0.25) is 0 Å². The van der Waals surface area contributed by atoms with Crippen molar-refractivity contribution in [3.63, 3.8) is 0 Å². The van der Waals surface area contributed by atoms with Gasteiger partial charge in [0.1, 0.15) is 0 Å². The summed E-state index contributed by atoms with van der Waals surface area (Å²) in [6.07, 6.45) is 4.28. The minimum atomic E-state index is 0.252. The van der Waals surface area contributed by atoms with Crippen molar-refractivity contribution in [2.75, 3.05) is 19.0 Å². The SMILES string of the molecule is CCC(C)(CC)NCc1cnc(N(C)C)s1. The normalized spacial score (nSPS) is 11.8. The smallest absolute Gasteiger partial charge is 0.185 e. The molecule has 0 spiro atoms. The van der Waals surface area contributed by atoms with Gasteiger partial charge in [-0.3, -0.25) is 0 Å². The number of hydrogen-bond acceptors (Lipinski definition) is 4. The highest BCUT2D eigenvalue weighted by Gasteiger charge is 2.18. The van der Waals surface area contributed by atoms with E-state index in [1.807, 2.05) is 25.2 Å². The largest absolute Gasteiger partial charge is 0.354 e. The van der Waals surface area contributed by atoms with Gasteiger partial charge < -0.3 is 10.2 Å². The molecule has 0 bridgehead atoms. The lowest BCUT2D eigenvalue weighted by molar-refractivity contribution is 0.330. The van der Waals surface area contributed by atoms with Crippen LogP contribution in [0, 0.1) is 0 Å². The molecule has 0 saturated heterocycles. The fourth-order valence-corrected chi connectivity index (χ4v) is 2.16. The number of thiazole rings is 1. The van der Waals surface area contributed by atoms with Crippen LogP contribution in [0.4, 0.5) is 5.13 Å². The Hall–Kier alpha value is -0.610. The Bertz CT molecular complexity index is 316. The number of rotatable bonds is 6. The van der Waals surface area contributed by atoms with Gasteiger partial charge in [0.15, 0.2) is 5.13 Å². The van der Waals surface area contributed by atoms with E-state index in [4.69, 9.17) is 0 Å². The van der Waals surface area contributed by atoms with Crippen LogP contribution in [0.15, 0.2) is 6.20 Å². The third-order valence-electron chi connectivity index (χ3n) is 3.17. The van der Waals surface area contributed by atoms with Gasteiger partial charge in [0.2, 0.25) is 0 Å². The average Bonchev–Trinajstić information content (AvgIpc) is 2.75. The average molecular weight is 241 g/mol. The van der Waals surface area contributed by atoms with Gasteiger partial charge in [-0.15, -0.1) is 11.3 Å². The third kappa shape index (κ3) is 3.46. The second kappa shape index (κ2) is 5.64. The van der Waals surface area contributed by atoms with Crippen LogP contribution >= 0.6 is 11.3 Å². The van der Waals surface area contributed by atoms with Crippen molar-refractivity contribution >= 4 is 16.5 Å². The summed E-state index contributed by atoms with van der Waals surface area (Å²) < 4.78 is 0.